The molecule has 1 aromatic rings. The van der Waals surface area contributed by atoms with E-state index in [0.29, 0.717) is 5.56 Å². The van der Waals surface area contributed by atoms with E-state index in [2.05, 4.69) is 4.98 Å². The van der Waals surface area contributed by atoms with Gasteiger partial charge in [-0.1, -0.05) is 19.1 Å². The van der Waals surface area contributed by atoms with Crippen molar-refractivity contribution in [1.82, 2.24) is 4.98 Å². The highest BCUT2D eigenvalue weighted by molar-refractivity contribution is 7.91. The first-order valence-electron chi connectivity index (χ1n) is 5.77. The Morgan fingerprint density at radius 2 is 2.00 bits per heavy atom. The molecule has 0 saturated heterocycles. The number of rotatable bonds is 5. The minimum Gasteiger partial charge on any atom is -0.383 e. The first-order valence-corrected chi connectivity index (χ1v) is 7.42. The highest BCUT2D eigenvalue weighted by atomic mass is 35.5. The van der Waals surface area contributed by atoms with Gasteiger partial charge in [-0.25, -0.2) is 13.4 Å². The van der Waals surface area contributed by atoms with Gasteiger partial charge in [0.2, 0.25) is 0 Å². The Morgan fingerprint density at radius 1 is 1.40 bits per heavy atom. The molecule has 0 fully saturated rings. The van der Waals surface area contributed by atoms with E-state index in [-0.39, 0.29) is 47.3 Å². The lowest BCUT2D eigenvalue weighted by Gasteiger charge is -2.05. The first kappa shape index (κ1) is 21.5. The molecule has 20 heavy (non-hydrogen) atoms. The molecular weight excluding hydrogens is 321 g/mol. The van der Waals surface area contributed by atoms with Crippen molar-refractivity contribution in [2.75, 3.05) is 11.5 Å². The molecule has 0 saturated carbocycles. The van der Waals surface area contributed by atoms with Crippen LogP contribution >= 0.6 is 24.8 Å². The number of hydrogen-bond acceptors (Lipinski definition) is 5. The van der Waals surface area contributed by atoms with Crippen LogP contribution in [0.3, 0.4) is 0 Å². The van der Waals surface area contributed by atoms with Crippen molar-refractivity contribution in [3.05, 3.63) is 23.9 Å². The Balaban J connectivity index is 0. The van der Waals surface area contributed by atoms with Crippen molar-refractivity contribution >= 4 is 46.5 Å². The van der Waals surface area contributed by atoms with E-state index in [9.17, 15) is 8.42 Å². The van der Waals surface area contributed by atoms with E-state index in [4.69, 9.17) is 11.5 Å². The number of sulfone groups is 1. The zero-order valence-corrected chi connectivity index (χ0v) is 13.9. The number of nitrogens with two attached hydrogens (primary N) is 2. The van der Waals surface area contributed by atoms with Gasteiger partial charge in [-0.2, -0.15) is 0 Å². The predicted octanol–water partition coefficient (Wildman–Crippen LogP) is 2.05. The van der Waals surface area contributed by atoms with Gasteiger partial charge in [-0.05, 0) is 25.0 Å². The molecule has 0 aliphatic heterocycles. The Labute approximate surface area is 132 Å². The summed E-state index contributed by atoms with van der Waals surface area (Å²) in [5.74, 6) is 0.0486. The number of anilines is 1. The average Bonchev–Trinajstić information content (AvgIpc) is 2.30. The fourth-order valence-corrected chi connectivity index (χ4v) is 2.38. The first-order chi connectivity index (χ1) is 8.36. The summed E-state index contributed by atoms with van der Waals surface area (Å²) in [5.41, 5.74) is 11.9. The van der Waals surface area contributed by atoms with Crippen LogP contribution < -0.4 is 11.5 Å². The summed E-state index contributed by atoms with van der Waals surface area (Å²) in [5, 5.41) is 0. The van der Waals surface area contributed by atoms with Gasteiger partial charge in [0, 0.05) is 12.2 Å². The molecule has 5 nitrogen and oxygen atoms in total. The molecule has 0 aliphatic carbocycles. The van der Waals surface area contributed by atoms with Gasteiger partial charge < -0.3 is 11.5 Å². The number of nitrogen functional groups attached to an aromatic ring is 1. The van der Waals surface area contributed by atoms with E-state index >= 15 is 0 Å². The molecule has 0 unspecified atom stereocenters. The smallest absolute Gasteiger partial charge is 0.181 e. The van der Waals surface area contributed by atoms with Crippen LogP contribution in [0.1, 0.15) is 25.8 Å². The summed E-state index contributed by atoms with van der Waals surface area (Å²) in [4.78, 5) is 4.00. The van der Waals surface area contributed by atoms with Crippen LogP contribution in [0.4, 0.5) is 5.82 Å². The van der Waals surface area contributed by atoms with Crippen LogP contribution in [0.2, 0.25) is 0 Å². The number of hydrogen-bond donors (Lipinski definition) is 2. The van der Waals surface area contributed by atoms with Crippen molar-refractivity contribution in [2.24, 2.45) is 5.73 Å². The van der Waals surface area contributed by atoms with Crippen LogP contribution in [0.5, 0.6) is 0 Å². The zero-order valence-electron chi connectivity index (χ0n) is 11.4. The SMILES string of the molecule is CCS(=O)(=O)c1cc(/C=C/C[C@H](C)N)cnc1N.Cl.Cl. The van der Waals surface area contributed by atoms with Gasteiger partial charge in [0.15, 0.2) is 9.84 Å². The summed E-state index contributed by atoms with van der Waals surface area (Å²) in [6, 6.07) is 1.61. The molecular formula is C12H21Cl2N3O2S. The van der Waals surface area contributed by atoms with Crippen molar-refractivity contribution in [1.29, 1.82) is 0 Å². The molecule has 0 aliphatic rings. The standard InChI is InChI=1S/C12H19N3O2S.2ClH/c1-3-18(16,17)11-7-10(8-15-12(11)14)6-4-5-9(2)13;;/h4,6-9H,3,5,13H2,1-2H3,(H2,14,15);2*1H/b6-4+;;/t9-;;/m0../s1. The molecule has 1 aromatic heterocycles. The maximum atomic E-state index is 11.8. The third-order valence-electron chi connectivity index (χ3n) is 2.44. The highest BCUT2D eigenvalue weighted by Gasteiger charge is 2.16. The van der Waals surface area contributed by atoms with E-state index in [1.165, 1.54) is 0 Å². The molecule has 4 N–H and O–H groups in total. The normalized spacial score (nSPS) is 12.6. The lowest BCUT2D eigenvalue weighted by atomic mass is 10.2. The van der Waals surface area contributed by atoms with Crippen molar-refractivity contribution < 1.29 is 8.42 Å². The van der Waals surface area contributed by atoms with Gasteiger partial charge in [-0.15, -0.1) is 24.8 Å². The molecule has 8 heteroatoms. The van der Waals surface area contributed by atoms with Gasteiger partial charge in [0.1, 0.15) is 10.7 Å². The van der Waals surface area contributed by atoms with Gasteiger partial charge in [0.05, 0.1) is 5.75 Å². The largest absolute Gasteiger partial charge is 0.383 e. The summed E-state index contributed by atoms with van der Waals surface area (Å²) in [6.45, 7) is 3.48. The van der Waals surface area contributed by atoms with E-state index in [0.717, 1.165) is 6.42 Å². The number of halogens is 2. The Hall–Kier alpha value is -0.820. The maximum Gasteiger partial charge on any atom is 0.181 e. The quantitative estimate of drug-likeness (QED) is 0.853. The van der Waals surface area contributed by atoms with Gasteiger partial charge >= 0.3 is 0 Å². The molecule has 116 valence electrons. The Morgan fingerprint density at radius 3 is 2.50 bits per heavy atom. The fraction of sp³-hybridized carbons (Fsp3) is 0.417. The van der Waals surface area contributed by atoms with Crippen LogP contribution in [0.15, 0.2) is 23.2 Å². The van der Waals surface area contributed by atoms with Crippen molar-refractivity contribution in [2.45, 2.75) is 31.2 Å². The molecule has 0 bridgehead atoms. The van der Waals surface area contributed by atoms with Gasteiger partial charge in [0.25, 0.3) is 0 Å². The summed E-state index contributed by atoms with van der Waals surface area (Å²) >= 11 is 0. The van der Waals surface area contributed by atoms with Crippen LogP contribution in [0, 0.1) is 0 Å². The molecule has 0 spiro atoms. The van der Waals surface area contributed by atoms with Gasteiger partial charge in [-0.3, -0.25) is 0 Å². The topological polar surface area (TPSA) is 99.1 Å². The maximum absolute atomic E-state index is 11.8. The van der Waals surface area contributed by atoms with E-state index in [1.807, 2.05) is 13.0 Å². The second kappa shape index (κ2) is 9.18. The monoisotopic (exact) mass is 341 g/mol. The lowest BCUT2D eigenvalue weighted by Crippen LogP contribution is -2.12. The van der Waals surface area contributed by atoms with E-state index < -0.39 is 9.84 Å². The molecule has 0 aromatic carbocycles. The molecule has 1 heterocycles. The highest BCUT2D eigenvalue weighted by Crippen LogP contribution is 2.19. The summed E-state index contributed by atoms with van der Waals surface area (Å²) in [7, 11) is -3.34. The van der Waals surface area contributed by atoms with Crippen LogP contribution in [-0.2, 0) is 9.84 Å². The van der Waals surface area contributed by atoms with Crippen LogP contribution in [0.25, 0.3) is 6.08 Å². The Kier molecular flexibility index (Phi) is 9.86. The average molecular weight is 342 g/mol. The Bertz CT molecular complexity index is 546. The minimum absolute atomic E-state index is 0. The second-order valence-corrected chi connectivity index (χ2v) is 6.42. The molecule has 1 rings (SSSR count). The number of aromatic nitrogens is 1. The summed E-state index contributed by atoms with van der Waals surface area (Å²) < 4.78 is 23.6. The van der Waals surface area contributed by atoms with E-state index in [1.54, 1.807) is 25.3 Å². The third-order valence-corrected chi connectivity index (χ3v) is 4.19. The molecule has 1 atom stereocenters. The minimum atomic E-state index is -3.34. The predicted molar refractivity (Wildman–Crippen MR) is 88.2 cm³/mol. The second-order valence-electron chi connectivity index (χ2n) is 4.17. The lowest BCUT2D eigenvalue weighted by molar-refractivity contribution is 0.597. The zero-order chi connectivity index (χ0) is 13.8. The van der Waals surface area contributed by atoms with Crippen molar-refractivity contribution in [3.63, 3.8) is 0 Å². The summed E-state index contributed by atoms with van der Waals surface area (Å²) in [6.07, 6.45) is 5.95. The molecule has 0 amide bonds. The van der Waals surface area contributed by atoms with Crippen molar-refractivity contribution in [3.8, 4) is 0 Å². The number of pyridine rings is 1. The third kappa shape index (κ3) is 6.09. The van der Waals surface area contributed by atoms with Crippen LogP contribution in [-0.4, -0.2) is 25.2 Å². The number of nitrogens with zero attached hydrogens (tertiary/aromatic N) is 1. The molecule has 0 radical (unpaired) electrons. The fourth-order valence-electron chi connectivity index (χ4n) is 1.38.